The van der Waals surface area contributed by atoms with Crippen molar-refractivity contribution in [3.8, 4) is 0 Å². The standard InChI is InChI=1S/C13H22ClN3/c1-5-13(6-2,8-14)9-15-12-7-10(3)16-11(4)17-12/h7H,5-6,8-9H2,1-4H3,(H,15,16,17). The van der Waals surface area contributed by atoms with Gasteiger partial charge in [-0.15, -0.1) is 11.6 Å². The molecule has 0 radical (unpaired) electrons. The molecule has 0 aliphatic rings. The van der Waals surface area contributed by atoms with Gasteiger partial charge in [-0.1, -0.05) is 13.8 Å². The summed E-state index contributed by atoms with van der Waals surface area (Å²) in [6, 6.07) is 1.97. The van der Waals surface area contributed by atoms with Crippen LogP contribution < -0.4 is 5.32 Å². The average Bonchev–Trinajstić information content (AvgIpc) is 2.30. The van der Waals surface area contributed by atoms with Crippen LogP contribution in [0.25, 0.3) is 0 Å². The number of aromatic nitrogens is 2. The molecule has 1 rings (SSSR count). The number of anilines is 1. The summed E-state index contributed by atoms with van der Waals surface area (Å²) in [4.78, 5) is 8.64. The number of rotatable bonds is 6. The van der Waals surface area contributed by atoms with Crippen molar-refractivity contribution in [2.75, 3.05) is 17.7 Å². The van der Waals surface area contributed by atoms with Crippen molar-refractivity contribution in [2.45, 2.75) is 40.5 Å². The Morgan fingerprint density at radius 3 is 2.35 bits per heavy atom. The van der Waals surface area contributed by atoms with Gasteiger partial charge in [0.15, 0.2) is 0 Å². The molecular weight excluding hydrogens is 234 g/mol. The summed E-state index contributed by atoms with van der Waals surface area (Å²) in [5.41, 5.74) is 1.15. The first-order valence-corrected chi connectivity index (χ1v) is 6.71. The van der Waals surface area contributed by atoms with E-state index in [4.69, 9.17) is 11.6 Å². The van der Waals surface area contributed by atoms with Crippen molar-refractivity contribution in [3.05, 3.63) is 17.6 Å². The van der Waals surface area contributed by atoms with Crippen LogP contribution in [0.1, 0.15) is 38.2 Å². The summed E-state index contributed by atoms with van der Waals surface area (Å²) in [6.07, 6.45) is 2.14. The molecule has 1 aromatic heterocycles. The molecule has 96 valence electrons. The number of hydrogen-bond donors (Lipinski definition) is 1. The molecular formula is C13H22ClN3. The van der Waals surface area contributed by atoms with E-state index >= 15 is 0 Å². The van der Waals surface area contributed by atoms with Gasteiger partial charge < -0.3 is 5.32 Å². The third-order valence-electron chi connectivity index (χ3n) is 3.39. The van der Waals surface area contributed by atoms with Gasteiger partial charge in [0.2, 0.25) is 0 Å². The topological polar surface area (TPSA) is 37.8 Å². The highest BCUT2D eigenvalue weighted by molar-refractivity contribution is 6.18. The number of alkyl halides is 1. The summed E-state index contributed by atoms with van der Waals surface area (Å²) in [6.45, 7) is 9.12. The number of nitrogens with zero attached hydrogens (tertiary/aromatic N) is 2. The summed E-state index contributed by atoms with van der Waals surface area (Å²) in [5.74, 6) is 2.37. The first kappa shape index (κ1) is 14.2. The van der Waals surface area contributed by atoms with Crippen LogP contribution in [0.3, 0.4) is 0 Å². The summed E-state index contributed by atoms with van der Waals surface area (Å²) in [5, 5.41) is 3.38. The smallest absolute Gasteiger partial charge is 0.129 e. The molecule has 1 aromatic rings. The second-order valence-electron chi connectivity index (χ2n) is 4.64. The van der Waals surface area contributed by atoms with Crippen LogP contribution in [0, 0.1) is 19.3 Å². The summed E-state index contributed by atoms with van der Waals surface area (Å²) in [7, 11) is 0. The first-order valence-electron chi connectivity index (χ1n) is 6.17. The van der Waals surface area contributed by atoms with E-state index in [1.165, 1.54) is 0 Å². The molecule has 1 heterocycles. The molecule has 0 spiro atoms. The zero-order valence-electron chi connectivity index (χ0n) is 11.2. The molecule has 0 bridgehead atoms. The van der Waals surface area contributed by atoms with Crippen molar-refractivity contribution in [1.82, 2.24) is 9.97 Å². The minimum atomic E-state index is 0.161. The van der Waals surface area contributed by atoms with Gasteiger partial charge in [0.05, 0.1) is 0 Å². The highest BCUT2D eigenvalue weighted by Gasteiger charge is 2.24. The van der Waals surface area contributed by atoms with Crippen LogP contribution in [0.5, 0.6) is 0 Å². The lowest BCUT2D eigenvalue weighted by atomic mass is 9.84. The van der Waals surface area contributed by atoms with Crippen LogP contribution in [0.2, 0.25) is 0 Å². The van der Waals surface area contributed by atoms with E-state index in [0.717, 1.165) is 36.7 Å². The fraction of sp³-hybridized carbons (Fsp3) is 0.692. The molecule has 0 atom stereocenters. The predicted octanol–water partition coefficient (Wildman–Crippen LogP) is 3.55. The molecule has 1 N–H and O–H groups in total. The Morgan fingerprint density at radius 1 is 1.24 bits per heavy atom. The molecule has 0 saturated heterocycles. The molecule has 0 aliphatic carbocycles. The minimum absolute atomic E-state index is 0.161. The van der Waals surface area contributed by atoms with Gasteiger partial charge in [-0.25, -0.2) is 9.97 Å². The van der Waals surface area contributed by atoms with E-state index in [0.29, 0.717) is 5.88 Å². The summed E-state index contributed by atoms with van der Waals surface area (Å²) < 4.78 is 0. The maximum atomic E-state index is 6.08. The van der Waals surface area contributed by atoms with Crippen molar-refractivity contribution in [1.29, 1.82) is 0 Å². The Bertz CT molecular complexity index is 333. The van der Waals surface area contributed by atoms with E-state index in [9.17, 15) is 0 Å². The molecule has 0 saturated carbocycles. The Balaban J connectivity index is 2.71. The van der Waals surface area contributed by atoms with Crippen LogP contribution in [-0.2, 0) is 0 Å². The van der Waals surface area contributed by atoms with Crippen LogP contribution >= 0.6 is 11.6 Å². The molecule has 4 heteroatoms. The number of hydrogen-bond acceptors (Lipinski definition) is 3. The molecule has 0 aromatic carbocycles. The fourth-order valence-electron chi connectivity index (χ4n) is 1.82. The van der Waals surface area contributed by atoms with Gasteiger partial charge in [0, 0.05) is 29.6 Å². The quantitative estimate of drug-likeness (QED) is 0.790. The Hall–Kier alpha value is -0.830. The third-order valence-corrected chi connectivity index (χ3v) is 3.96. The highest BCUT2D eigenvalue weighted by atomic mass is 35.5. The second kappa shape index (κ2) is 6.20. The number of halogens is 1. The van der Waals surface area contributed by atoms with Crippen molar-refractivity contribution in [2.24, 2.45) is 5.41 Å². The van der Waals surface area contributed by atoms with Gasteiger partial charge in [0.25, 0.3) is 0 Å². The Morgan fingerprint density at radius 2 is 1.88 bits per heavy atom. The largest absolute Gasteiger partial charge is 0.369 e. The van der Waals surface area contributed by atoms with Gasteiger partial charge >= 0.3 is 0 Å². The lowest BCUT2D eigenvalue weighted by Gasteiger charge is -2.29. The fourth-order valence-corrected chi connectivity index (χ4v) is 2.29. The molecule has 0 amide bonds. The highest BCUT2D eigenvalue weighted by Crippen LogP contribution is 2.28. The summed E-state index contributed by atoms with van der Waals surface area (Å²) >= 11 is 6.08. The average molecular weight is 256 g/mol. The van der Waals surface area contributed by atoms with Crippen molar-refractivity contribution in [3.63, 3.8) is 0 Å². The minimum Gasteiger partial charge on any atom is -0.369 e. The number of nitrogens with one attached hydrogen (secondary N) is 1. The Kier molecular flexibility index (Phi) is 5.19. The molecule has 3 nitrogen and oxygen atoms in total. The maximum Gasteiger partial charge on any atom is 0.129 e. The van der Waals surface area contributed by atoms with Crippen molar-refractivity contribution >= 4 is 17.4 Å². The van der Waals surface area contributed by atoms with Crippen molar-refractivity contribution < 1.29 is 0 Å². The van der Waals surface area contributed by atoms with Crippen LogP contribution in [0.4, 0.5) is 5.82 Å². The van der Waals surface area contributed by atoms with Gasteiger partial charge in [-0.3, -0.25) is 0 Å². The first-order chi connectivity index (χ1) is 8.05. The monoisotopic (exact) mass is 255 g/mol. The normalized spacial score (nSPS) is 11.6. The lowest BCUT2D eigenvalue weighted by molar-refractivity contribution is 0.326. The van der Waals surface area contributed by atoms with Crippen LogP contribution in [-0.4, -0.2) is 22.4 Å². The molecule has 0 fully saturated rings. The SMILES string of the molecule is CCC(CC)(CCl)CNc1cc(C)nc(C)n1. The van der Waals surface area contributed by atoms with E-state index in [-0.39, 0.29) is 5.41 Å². The maximum absolute atomic E-state index is 6.08. The van der Waals surface area contributed by atoms with E-state index in [1.807, 2.05) is 19.9 Å². The van der Waals surface area contributed by atoms with Gasteiger partial charge in [-0.2, -0.15) is 0 Å². The molecule has 0 aliphatic heterocycles. The van der Waals surface area contributed by atoms with Gasteiger partial charge in [0.1, 0.15) is 11.6 Å². The lowest BCUT2D eigenvalue weighted by Crippen LogP contribution is -2.30. The van der Waals surface area contributed by atoms with E-state index in [2.05, 4.69) is 29.1 Å². The van der Waals surface area contributed by atoms with Gasteiger partial charge in [-0.05, 0) is 26.7 Å². The van der Waals surface area contributed by atoms with E-state index in [1.54, 1.807) is 0 Å². The number of aryl methyl sites for hydroxylation is 2. The predicted molar refractivity (Wildman–Crippen MR) is 73.7 cm³/mol. The third kappa shape index (κ3) is 3.84. The molecule has 17 heavy (non-hydrogen) atoms. The second-order valence-corrected chi connectivity index (χ2v) is 4.90. The Labute approximate surface area is 109 Å². The van der Waals surface area contributed by atoms with Crippen LogP contribution in [0.15, 0.2) is 6.07 Å². The van der Waals surface area contributed by atoms with E-state index < -0.39 is 0 Å². The molecule has 0 unspecified atom stereocenters. The zero-order valence-corrected chi connectivity index (χ0v) is 11.9. The zero-order chi connectivity index (χ0) is 12.9.